The lowest BCUT2D eigenvalue weighted by atomic mass is 10.1. The average Bonchev–Trinajstić information content (AvgIpc) is 2.91. The van der Waals surface area contributed by atoms with Crippen molar-refractivity contribution in [2.24, 2.45) is 0 Å². The molecule has 2 aromatic heterocycles. The Kier molecular flexibility index (Phi) is 4.19. The molecule has 3 rings (SSSR count). The van der Waals surface area contributed by atoms with Gasteiger partial charge in [-0.25, -0.2) is 0 Å². The molecule has 1 aliphatic heterocycles. The van der Waals surface area contributed by atoms with Gasteiger partial charge in [0.15, 0.2) is 0 Å². The van der Waals surface area contributed by atoms with Crippen LogP contribution < -0.4 is 16.0 Å². The van der Waals surface area contributed by atoms with Gasteiger partial charge in [0.25, 0.3) is 0 Å². The van der Waals surface area contributed by atoms with Crippen LogP contribution in [-0.4, -0.2) is 28.0 Å². The summed E-state index contributed by atoms with van der Waals surface area (Å²) in [6.45, 7) is 4.80. The van der Waals surface area contributed by atoms with E-state index in [0.29, 0.717) is 18.4 Å². The number of aromatic nitrogens is 3. The second kappa shape index (κ2) is 6.26. The second-order valence-electron chi connectivity index (χ2n) is 5.23. The Hall–Kier alpha value is -1.89. The maximum absolute atomic E-state index is 5.81. The molecule has 21 heavy (non-hydrogen) atoms. The lowest BCUT2D eigenvalue weighted by Crippen LogP contribution is -2.31. The maximum atomic E-state index is 5.81. The van der Waals surface area contributed by atoms with Crippen molar-refractivity contribution in [1.82, 2.24) is 15.0 Å². The predicted octanol–water partition coefficient (Wildman–Crippen LogP) is 2.43. The Balaban J connectivity index is 1.71. The minimum atomic E-state index is 0.274. The Morgan fingerprint density at radius 2 is 2.00 bits per heavy atom. The van der Waals surface area contributed by atoms with Crippen molar-refractivity contribution in [3.63, 3.8) is 0 Å². The van der Waals surface area contributed by atoms with Gasteiger partial charge >= 0.3 is 0 Å². The minimum Gasteiger partial charge on any atom is -0.368 e. The number of nitrogens with zero attached hydrogens (tertiary/aromatic N) is 4. The molecule has 112 valence electrons. The normalized spacial score (nSPS) is 15.2. The van der Waals surface area contributed by atoms with E-state index in [4.69, 9.17) is 5.73 Å². The molecular formula is C14H20N6S. The van der Waals surface area contributed by atoms with Gasteiger partial charge in [0.1, 0.15) is 0 Å². The highest BCUT2D eigenvalue weighted by atomic mass is 32.1. The Bertz CT molecular complexity index is 605. The van der Waals surface area contributed by atoms with E-state index in [9.17, 15) is 0 Å². The Morgan fingerprint density at radius 1 is 1.19 bits per heavy atom. The molecule has 1 aliphatic rings. The summed E-state index contributed by atoms with van der Waals surface area (Å²) in [5.41, 5.74) is 5.81. The van der Waals surface area contributed by atoms with Gasteiger partial charge in [-0.3, -0.25) is 0 Å². The molecule has 0 unspecified atom stereocenters. The van der Waals surface area contributed by atoms with E-state index in [1.807, 2.05) is 0 Å². The molecule has 0 saturated carbocycles. The standard InChI is InChI=1S/C14H20N6S/c1-10-5-6-11(21-10)9-16-13-17-12(15)18-14(19-13)20-7-3-2-4-8-20/h5-6H,2-4,7-9H2,1H3,(H3,15,16,17,18,19). The van der Waals surface area contributed by atoms with Crippen LogP contribution >= 0.6 is 11.3 Å². The SMILES string of the molecule is Cc1ccc(CNc2nc(N)nc(N3CCCCC3)n2)s1. The first-order valence-electron chi connectivity index (χ1n) is 7.26. The number of hydrogen-bond donors (Lipinski definition) is 2. The third-order valence-electron chi connectivity index (χ3n) is 3.50. The first-order chi connectivity index (χ1) is 10.2. The van der Waals surface area contributed by atoms with Gasteiger partial charge in [0.2, 0.25) is 17.8 Å². The molecule has 6 nitrogen and oxygen atoms in total. The van der Waals surface area contributed by atoms with E-state index in [1.54, 1.807) is 11.3 Å². The number of hydrogen-bond acceptors (Lipinski definition) is 7. The third-order valence-corrected chi connectivity index (χ3v) is 4.50. The molecule has 7 heteroatoms. The Labute approximate surface area is 128 Å². The van der Waals surface area contributed by atoms with E-state index in [-0.39, 0.29) is 5.95 Å². The molecule has 3 heterocycles. The Morgan fingerprint density at radius 3 is 2.71 bits per heavy atom. The number of piperidine rings is 1. The van der Waals surface area contributed by atoms with E-state index in [2.05, 4.69) is 44.2 Å². The molecule has 0 atom stereocenters. The highest BCUT2D eigenvalue weighted by Gasteiger charge is 2.15. The molecule has 0 spiro atoms. The molecule has 1 saturated heterocycles. The van der Waals surface area contributed by atoms with Crippen LogP contribution in [0.25, 0.3) is 0 Å². The van der Waals surface area contributed by atoms with Gasteiger partial charge in [-0.2, -0.15) is 15.0 Å². The number of nitrogen functional groups attached to an aromatic ring is 1. The van der Waals surface area contributed by atoms with Gasteiger partial charge < -0.3 is 16.0 Å². The highest BCUT2D eigenvalue weighted by Crippen LogP contribution is 2.19. The molecule has 0 radical (unpaired) electrons. The molecule has 3 N–H and O–H groups in total. The van der Waals surface area contributed by atoms with Gasteiger partial charge in [-0.15, -0.1) is 11.3 Å². The van der Waals surface area contributed by atoms with Crippen molar-refractivity contribution in [2.75, 3.05) is 29.0 Å². The zero-order valence-electron chi connectivity index (χ0n) is 12.2. The zero-order chi connectivity index (χ0) is 14.7. The summed E-state index contributed by atoms with van der Waals surface area (Å²) < 4.78 is 0. The maximum Gasteiger partial charge on any atom is 0.231 e. The summed E-state index contributed by atoms with van der Waals surface area (Å²) in [6, 6.07) is 4.23. The molecule has 0 aliphatic carbocycles. The van der Waals surface area contributed by atoms with Crippen LogP contribution in [0.4, 0.5) is 17.8 Å². The van der Waals surface area contributed by atoms with Crippen molar-refractivity contribution < 1.29 is 0 Å². The van der Waals surface area contributed by atoms with E-state index in [0.717, 1.165) is 13.1 Å². The van der Waals surface area contributed by atoms with Gasteiger partial charge in [-0.05, 0) is 38.3 Å². The first-order valence-corrected chi connectivity index (χ1v) is 8.08. The number of nitrogens with one attached hydrogen (secondary N) is 1. The first kappa shape index (κ1) is 14.1. The smallest absolute Gasteiger partial charge is 0.231 e. The van der Waals surface area contributed by atoms with E-state index >= 15 is 0 Å². The fraction of sp³-hybridized carbons (Fsp3) is 0.500. The van der Waals surface area contributed by atoms with Gasteiger partial charge in [-0.1, -0.05) is 0 Å². The van der Waals surface area contributed by atoms with Crippen LogP contribution in [-0.2, 0) is 6.54 Å². The number of aryl methyl sites for hydroxylation is 1. The van der Waals surface area contributed by atoms with E-state index < -0.39 is 0 Å². The fourth-order valence-corrected chi connectivity index (χ4v) is 3.27. The molecule has 1 fully saturated rings. The number of rotatable bonds is 4. The predicted molar refractivity (Wildman–Crippen MR) is 86.7 cm³/mol. The van der Waals surface area contributed by atoms with Crippen LogP contribution in [0.3, 0.4) is 0 Å². The summed E-state index contributed by atoms with van der Waals surface area (Å²) >= 11 is 1.77. The lowest BCUT2D eigenvalue weighted by Gasteiger charge is -2.26. The van der Waals surface area contributed by atoms with Crippen LogP contribution in [0.2, 0.25) is 0 Å². The van der Waals surface area contributed by atoms with Crippen LogP contribution in [0.15, 0.2) is 12.1 Å². The fourth-order valence-electron chi connectivity index (χ4n) is 2.44. The van der Waals surface area contributed by atoms with Crippen molar-refractivity contribution in [3.8, 4) is 0 Å². The van der Waals surface area contributed by atoms with Crippen LogP contribution in [0.1, 0.15) is 29.0 Å². The minimum absolute atomic E-state index is 0.274. The second-order valence-corrected chi connectivity index (χ2v) is 6.60. The summed E-state index contributed by atoms with van der Waals surface area (Å²) in [6.07, 6.45) is 3.64. The van der Waals surface area contributed by atoms with Crippen molar-refractivity contribution in [3.05, 3.63) is 21.9 Å². The van der Waals surface area contributed by atoms with Crippen LogP contribution in [0.5, 0.6) is 0 Å². The average molecular weight is 304 g/mol. The molecule has 0 bridgehead atoms. The largest absolute Gasteiger partial charge is 0.368 e. The summed E-state index contributed by atoms with van der Waals surface area (Å²) in [7, 11) is 0. The summed E-state index contributed by atoms with van der Waals surface area (Å²) in [5.74, 6) is 1.51. The summed E-state index contributed by atoms with van der Waals surface area (Å²) in [5, 5.41) is 3.24. The molecule has 2 aromatic rings. The van der Waals surface area contributed by atoms with Gasteiger partial charge in [0.05, 0.1) is 6.54 Å². The lowest BCUT2D eigenvalue weighted by molar-refractivity contribution is 0.568. The zero-order valence-corrected chi connectivity index (χ0v) is 13.0. The highest BCUT2D eigenvalue weighted by molar-refractivity contribution is 7.11. The number of thiophene rings is 1. The topological polar surface area (TPSA) is 80.0 Å². The molecule has 0 aromatic carbocycles. The van der Waals surface area contributed by atoms with E-state index in [1.165, 1.54) is 29.0 Å². The molecular weight excluding hydrogens is 284 g/mol. The van der Waals surface area contributed by atoms with Crippen LogP contribution in [0, 0.1) is 6.92 Å². The van der Waals surface area contributed by atoms with Crippen molar-refractivity contribution >= 4 is 29.2 Å². The van der Waals surface area contributed by atoms with Crippen molar-refractivity contribution in [2.45, 2.75) is 32.7 Å². The monoisotopic (exact) mass is 304 g/mol. The number of nitrogens with two attached hydrogens (primary N) is 1. The third kappa shape index (κ3) is 3.60. The quantitative estimate of drug-likeness (QED) is 0.903. The van der Waals surface area contributed by atoms with Crippen molar-refractivity contribution in [1.29, 1.82) is 0 Å². The van der Waals surface area contributed by atoms with Gasteiger partial charge in [0, 0.05) is 22.8 Å². The summed E-state index contributed by atoms with van der Waals surface area (Å²) in [4.78, 5) is 17.7. The molecule has 0 amide bonds. The number of anilines is 3.